The molecule has 1 unspecified atom stereocenters. The van der Waals surface area contributed by atoms with Gasteiger partial charge in [-0.05, 0) is 18.1 Å². The van der Waals surface area contributed by atoms with Gasteiger partial charge < -0.3 is 15.7 Å². The number of aryl methyl sites for hydroxylation is 1. The number of benzene rings is 1. The van der Waals surface area contributed by atoms with Crippen molar-refractivity contribution in [2.45, 2.75) is 12.8 Å². The number of anilines is 1. The van der Waals surface area contributed by atoms with Crippen LogP contribution in [0.5, 0.6) is 0 Å². The fraction of sp³-hybridized carbons (Fsp3) is 0.385. The topological polar surface area (TPSA) is 95.5 Å². The molecule has 6 nitrogen and oxygen atoms in total. The van der Waals surface area contributed by atoms with Gasteiger partial charge in [0.1, 0.15) is 0 Å². The van der Waals surface area contributed by atoms with Crippen LogP contribution < -0.4 is 10.6 Å². The maximum Gasteiger partial charge on any atom is 0.319 e. The minimum atomic E-state index is -0.949. The smallest absolute Gasteiger partial charge is 0.319 e. The highest BCUT2D eigenvalue weighted by Gasteiger charge is 2.07. The molecule has 2 amide bonds. The Morgan fingerprint density at radius 2 is 2.00 bits per heavy atom. The lowest BCUT2D eigenvalue weighted by Gasteiger charge is -2.11. The van der Waals surface area contributed by atoms with Gasteiger partial charge in [0.05, 0.1) is 0 Å². The van der Waals surface area contributed by atoms with Crippen LogP contribution in [-0.4, -0.2) is 39.9 Å². The number of hydrogen-bond acceptors (Lipinski definition) is 3. The summed E-state index contributed by atoms with van der Waals surface area (Å²) in [5, 5.41) is 13.9. The van der Waals surface area contributed by atoms with Gasteiger partial charge in [-0.1, -0.05) is 18.2 Å². The number of carbonyl (C=O) groups excluding carboxylic acids is 1. The van der Waals surface area contributed by atoms with Crippen molar-refractivity contribution in [3.63, 3.8) is 0 Å². The van der Waals surface area contributed by atoms with E-state index in [1.54, 1.807) is 30.5 Å². The van der Waals surface area contributed by atoms with Gasteiger partial charge in [-0.3, -0.25) is 9.00 Å². The summed E-state index contributed by atoms with van der Waals surface area (Å²) in [5.74, 6) is -0.483. The first kappa shape index (κ1) is 16.2. The van der Waals surface area contributed by atoms with Crippen molar-refractivity contribution in [2.75, 3.05) is 23.9 Å². The molecule has 0 saturated heterocycles. The molecule has 20 heavy (non-hydrogen) atoms. The summed E-state index contributed by atoms with van der Waals surface area (Å²) >= 11 is 0. The first-order chi connectivity index (χ1) is 9.49. The van der Waals surface area contributed by atoms with Crippen LogP contribution in [0.1, 0.15) is 12.0 Å². The second kappa shape index (κ2) is 8.31. The molecule has 1 rings (SSSR count). The fourth-order valence-electron chi connectivity index (χ4n) is 1.58. The van der Waals surface area contributed by atoms with Gasteiger partial charge in [-0.15, -0.1) is 0 Å². The van der Waals surface area contributed by atoms with Gasteiger partial charge in [0.25, 0.3) is 0 Å². The summed E-state index contributed by atoms with van der Waals surface area (Å²) in [4.78, 5) is 22.2. The van der Waals surface area contributed by atoms with Gasteiger partial charge in [-0.2, -0.15) is 0 Å². The average molecular weight is 298 g/mol. The van der Waals surface area contributed by atoms with Crippen molar-refractivity contribution in [3.8, 4) is 0 Å². The number of rotatable bonds is 7. The number of carboxylic acids is 1. The first-order valence-corrected chi connectivity index (χ1v) is 7.86. The standard InChI is InChI=1S/C13H18N2O4S/c1-20(19)9-8-14-13(18)15-11-5-3-2-4-10(11)6-7-12(16)17/h2-5H,6-9H2,1H3,(H,16,17)(H2,14,15,18). The number of para-hydroxylation sites is 1. The molecule has 0 spiro atoms. The molecule has 1 atom stereocenters. The van der Waals surface area contributed by atoms with E-state index in [2.05, 4.69) is 10.6 Å². The highest BCUT2D eigenvalue weighted by molar-refractivity contribution is 7.84. The van der Waals surface area contributed by atoms with E-state index in [0.717, 1.165) is 5.56 Å². The number of carboxylic acid groups (broad SMARTS) is 1. The van der Waals surface area contributed by atoms with Crippen molar-refractivity contribution < 1.29 is 18.9 Å². The molecule has 0 fully saturated rings. The lowest BCUT2D eigenvalue weighted by Crippen LogP contribution is -2.32. The summed E-state index contributed by atoms with van der Waals surface area (Å²) in [6.45, 7) is 0.326. The van der Waals surface area contributed by atoms with Gasteiger partial charge in [0, 0.05) is 41.5 Å². The SMILES string of the molecule is CS(=O)CCNC(=O)Nc1ccccc1CCC(=O)O. The Kier molecular flexibility index (Phi) is 6.72. The van der Waals surface area contributed by atoms with Crippen LogP contribution in [-0.2, 0) is 22.0 Å². The molecule has 0 radical (unpaired) electrons. The second-order valence-corrected chi connectivity index (χ2v) is 5.76. The number of aliphatic carboxylic acids is 1. The first-order valence-electron chi connectivity index (χ1n) is 6.13. The van der Waals surface area contributed by atoms with Crippen LogP contribution in [0.3, 0.4) is 0 Å². The molecule has 1 aromatic carbocycles. The zero-order chi connectivity index (χ0) is 15.0. The van der Waals surface area contributed by atoms with Gasteiger partial charge in [0.15, 0.2) is 0 Å². The molecule has 3 N–H and O–H groups in total. The molecule has 0 heterocycles. The van der Waals surface area contributed by atoms with Gasteiger partial charge in [0.2, 0.25) is 0 Å². The Labute approximate surface area is 120 Å². The third kappa shape index (κ3) is 6.33. The van der Waals surface area contributed by atoms with E-state index in [-0.39, 0.29) is 6.42 Å². The predicted molar refractivity (Wildman–Crippen MR) is 78.4 cm³/mol. The van der Waals surface area contributed by atoms with E-state index in [0.29, 0.717) is 24.4 Å². The van der Waals surface area contributed by atoms with Crippen molar-refractivity contribution in [1.29, 1.82) is 0 Å². The molecule has 1 aromatic rings. The monoisotopic (exact) mass is 298 g/mol. The number of nitrogens with one attached hydrogen (secondary N) is 2. The van der Waals surface area contributed by atoms with Crippen LogP contribution in [0.2, 0.25) is 0 Å². The van der Waals surface area contributed by atoms with E-state index in [4.69, 9.17) is 5.11 Å². The molecule has 0 aliphatic heterocycles. The van der Waals surface area contributed by atoms with Gasteiger partial charge >= 0.3 is 12.0 Å². The summed E-state index contributed by atoms with van der Waals surface area (Å²) in [6.07, 6.45) is 1.93. The van der Waals surface area contributed by atoms with Crippen LogP contribution in [0.4, 0.5) is 10.5 Å². The van der Waals surface area contributed by atoms with E-state index >= 15 is 0 Å². The van der Waals surface area contributed by atoms with E-state index in [1.807, 2.05) is 0 Å². The van der Waals surface area contributed by atoms with Crippen LogP contribution in [0, 0.1) is 0 Å². The van der Waals surface area contributed by atoms with Crippen LogP contribution in [0.25, 0.3) is 0 Å². The minimum absolute atomic E-state index is 0.00906. The molecular weight excluding hydrogens is 280 g/mol. The van der Waals surface area contributed by atoms with Crippen molar-refractivity contribution in [3.05, 3.63) is 29.8 Å². The molecule has 0 saturated carbocycles. The summed E-state index contributed by atoms with van der Waals surface area (Å²) in [5.41, 5.74) is 1.35. The van der Waals surface area contributed by atoms with Gasteiger partial charge in [-0.25, -0.2) is 4.79 Å². The Morgan fingerprint density at radius 1 is 1.30 bits per heavy atom. The molecule has 7 heteroatoms. The summed E-state index contributed by atoms with van der Waals surface area (Å²) in [7, 11) is -0.949. The maximum absolute atomic E-state index is 11.6. The molecule has 110 valence electrons. The number of amides is 2. The fourth-order valence-corrected chi connectivity index (χ4v) is 1.97. The Bertz CT molecular complexity index is 505. The Balaban J connectivity index is 2.55. The number of urea groups is 1. The number of carbonyl (C=O) groups is 2. The van der Waals surface area contributed by atoms with Crippen molar-refractivity contribution in [1.82, 2.24) is 5.32 Å². The van der Waals surface area contributed by atoms with E-state index in [1.165, 1.54) is 0 Å². The quantitative estimate of drug-likeness (QED) is 0.705. The highest BCUT2D eigenvalue weighted by atomic mass is 32.2. The van der Waals surface area contributed by atoms with Crippen molar-refractivity contribution in [2.24, 2.45) is 0 Å². The molecule has 0 aliphatic rings. The predicted octanol–water partition coefficient (Wildman–Crippen LogP) is 1.20. The summed E-state index contributed by atoms with van der Waals surface area (Å²) < 4.78 is 10.9. The van der Waals surface area contributed by atoms with E-state index < -0.39 is 22.8 Å². The highest BCUT2D eigenvalue weighted by Crippen LogP contribution is 2.16. The number of hydrogen-bond donors (Lipinski definition) is 3. The summed E-state index contributed by atoms with van der Waals surface area (Å²) in [6, 6.07) is 6.66. The van der Waals surface area contributed by atoms with Crippen LogP contribution in [0.15, 0.2) is 24.3 Å². The molecular formula is C13H18N2O4S. The van der Waals surface area contributed by atoms with E-state index in [9.17, 15) is 13.8 Å². The zero-order valence-electron chi connectivity index (χ0n) is 11.2. The Morgan fingerprint density at radius 3 is 2.65 bits per heavy atom. The lowest BCUT2D eigenvalue weighted by molar-refractivity contribution is -0.136. The largest absolute Gasteiger partial charge is 0.481 e. The lowest BCUT2D eigenvalue weighted by atomic mass is 10.1. The molecule has 0 aromatic heterocycles. The normalized spacial score (nSPS) is 11.7. The third-order valence-corrected chi connectivity index (χ3v) is 3.33. The maximum atomic E-state index is 11.6. The Hall–Kier alpha value is -1.89. The average Bonchev–Trinajstić information content (AvgIpc) is 2.37. The zero-order valence-corrected chi connectivity index (χ0v) is 12.0. The van der Waals surface area contributed by atoms with Crippen LogP contribution >= 0.6 is 0 Å². The molecule has 0 aliphatic carbocycles. The molecule has 0 bridgehead atoms. The third-order valence-electron chi connectivity index (χ3n) is 2.55. The minimum Gasteiger partial charge on any atom is -0.481 e. The second-order valence-electron chi connectivity index (χ2n) is 4.21. The van der Waals surface area contributed by atoms with Crippen molar-refractivity contribution >= 4 is 28.5 Å².